The lowest BCUT2D eigenvalue weighted by atomic mass is 10.00. The number of aliphatic hydroxyl groups is 2. The molecule has 3 saturated heterocycles. The Balaban J connectivity index is 0.000000204. The van der Waals surface area contributed by atoms with Gasteiger partial charge in [0.2, 0.25) is 23.3 Å². The van der Waals surface area contributed by atoms with Crippen molar-refractivity contribution in [3.63, 3.8) is 0 Å². The van der Waals surface area contributed by atoms with Crippen LogP contribution in [0.15, 0.2) is 37.2 Å². The summed E-state index contributed by atoms with van der Waals surface area (Å²) in [4.78, 5) is 91.5. The van der Waals surface area contributed by atoms with E-state index in [0.717, 1.165) is 33.0 Å². The summed E-state index contributed by atoms with van der Waals surface area (Å²) in [5, 5.41) is 23.7. The lowest BCUT2D eigenvalue weighted by Crippen LogP contribution is -2.56. The molecule has 5 aliphatic heterocycles. The van der Waals surface area contributed by atoms with Crippen LogP contribution in [-0.4, -0.2) is 169 Å². The van der Waals surface area contributed by atoms with E-state index in [9.17, 15) is 50.6 Å². The summed E-state index contributed by atoms with van der Waals surface area (Å²) in [5.41, 5.74) is 1.02. The van der Waals surface area contributed by atoms with Crippen LogP contribution >= 0.6 is 0 Å². The number of anilines is 6. The number of rotatable bonds is 15. The van der Waals surface area contributed by atoms with Gasteiger partial charge in [-0.15, -0.1) is 0 Å². The number of carbonyl (C=O) groups excluding carboxylic acids is 4. The Morgan fingerprint density at radius 2 is 1.21 bits per heavy atom. The van der Waals surface area contributed by atoms with Gasteiger partial charge in [-0.3, -0.25) is 30.0 Å². The number of ether oxygens (including phenoxy) is 4. The van der Waals surface area contributed by atoms with Gasteiger partial charge in [-0.05, 0) is 39.5 Å². The molecule has 5 aliphatic rings. The number of carbonyl (C=O) groups is 4. The molecule has 0 saturated carbocycles. The summed E-state index contributed by atoms with van der Waals surface area (Å²) in [7, 11) is 0. The molecule has 4 aromatic rings. The maximum Gasteiger partial charge on any atom is 0.391 e. The molecule has 4 N–H and O–H groups in total. The molecule has 0 aromatic carbocycles. The smallest absolute Gasteiger partial charge is 0.391 e. The molecule has 4 bridgehead atoms. The number of Topliss-reactive ketones (excluding diaryl/α,β-unsaturated/α-hetero) is 2. The summed E-state index contributed by atoms with van der Waals surface area (Å²) in [5.74, 6) is -6.08. The van der Waals surface area contributed by atoms with E-state index >= 15 is 0 Å². The molecule has 77 heavy (non-hydrogen) atoms. The number of hydrogen-bond acceptors (Lipinski definition) is 20. The van der Waals surface area contributed by atoms with Crippen molar-refractivity contribution < 1.29 is 74.7 Å². The Morgan fingerprint density at radius 1 is 0.740 bits per heavy atom. The number of ketones is 2. The number of hydrogen-bond donors (Lipinski definition) is 4. The van der Waals surface area contributed by atoms with Gasteiger partial charge in [0.15, 0.2) is 29.1 Å². The van der Waals surface area contributed by atoms with Gasteiger partial charge in [0.1, 0.15) is 49.7 Å². The molecule has 6 atom stereocenters. The lowest BCUT2D eigenvalue weighted by molar-refractivity contribution is -0.169. The number of alkyl halides is 6. The van der Waals surface area contributed by atoms with Crippen LogP contribution < -0.4 is 39.7 Å². The summed E-state index contributed by atoms with van der Waals surface area (Å²) in [6, 6.07) is 1.04. The standard InChI is InChI=1S/C25H30F3N7O5.C22H26F3N7O5/c1-14(25(26,27)28)7-18(36)21-29-9-17-22(33-21)35(15-5-4-6-34(17)10-15)23(37)32-19-8-20(31-13-30-19)38-11-16-12-39-24(2,3)40-16;1-12(22(23,24)25)5-16(35)19-26-7-15-20(30-19)32(13-3-2-4-31(15)8-13)21(36)29-17-6-18(28-11-27-17)37-10-14(34)9-33/h8-9,13-16H,4-7,10-12H2,1-3H3,(H,30,31,32,37);6-7,11-14,33-34H,2-5,8-10H2,1H3,(H,27,28,29,36)/t14-,15-,16-;12-,13-,14+/m00/s1. The first kappa shape index (κ1) is 56.0. The van der Waals surface area contributed by atoms with Gasteiger partial charge in [0, 0.05) is 51.2 Å². The molecule has 0 unspecified atom stereocenters. The zero-order valence-electron chi connectivity index (χ0n) is 42.1. The number of piperidine rings is 2. The normalized spacial score (nSPS) is 20.6. The quantitative estimate of drug-likeness (QED) is 0.0858. The average molecular weight is 1090 g/mol. The molecule has 3 fully saturated rings. The van der Waals surface area contributed by atoms with Crippen molar-refractivity contribution >= 4 is 58.3 Å². The van der Waals surface area contributed by atoms with E-state index in [1.165, 1.54) is 40.7 Å². The monoisotopic (exact) mass is 1090 g/mol. The second-order valence-corrected chi connectivity index (χ2v) is 19.4. The summed E-state index contributed by atoms with van der Waals surface area (Å²) in [6.07, 6.45) is -3.97. The predicted molar refractivity (Wildman–Crippen MR) is 259 cm³/mol. The molecule has 9 rings (SSSR count). The highest BCUT2D eigenvalue weighted by Crippen LogP contribution is 2.40. The zero-order valence-corrected chi connectivity index (χ0v) is 42.1. The summed E-state index contributed by atoms with van der Waals surface area (Å²) >= 11 is 0. The third-order valence-corrected chi connectivity index (χ3v) is 13.1. The number of urea groups is 2. The minimum Gasteiger partial charge on any atom is -0.475 e. The molecule has 30 heteroatoms. The van der Waals surface area contributed by atoms with Gasteiger partial charge >= 0.3 is 24.4 Å². The maximum atomic E-state index is 13.5. The number of fused-ring (bicyclic) bond motifs is 8. The van der Waals surface area contributed by atoms with Crippen LogP contribution in [0, 0.1) is 11.8 Å². The van der Waals surface area contributed by atoms with E-state index in [4.69, 9.17) is 24.1 Å². The molecule has 4 amide bonds. The minimum atomic E-state index is -4.53. The first-order valence-corrected chi connectivity index (χ1v) is 24.6. The van der Waals surface area contributed by atoms with Gasteiger partial charge in [-0.1, -0.05) is 13.8 Å². The van der Waals surface area contributed by atoms with Gasteiger partial charge in [-0.2, -0.15) is 26.3 Å². The third kappa shape index (κ3) is 13.7. The summed E-state index contributed by atoms with van der Waals surface area (Å²) in [6.45, 7) is 7.72. The molecule has 24 nitrogen and oxygen atoms in total. The van der Waals surface area contributed by atoms with Crippen molar-refractivity contribution in [2.24, 2.45) is 11.8 Å². The Hall–Kier alpha value is -7.18. The maximum absolute atomic E-state index is 13.5. The van der Waals surface area contributed by atoms with Crippen LogP contribution in [0.1, 0.15) is 87.5 Å². The van der Waals surface area contributed by atoms with Crippen molar-refractivity contribution in [1.29, 1.82) is 0 Å². The largest absolute Gasteiger partial charge is 0.475 e. The number of halogens is 6. The topological polar surface area (TPSA) is 286 Å². The van der Waals surface area contributed by atoms with Crippen LogP contribution in [-0.2, 0) is 9.47 Å². The molecule has 9 heterocycles. The SMILES string of the molecule is C[C@@H](CC(=O)c1ncc2c(n1)N(C(=O)Nc1cc(OC[C@H](O)CO)ncn1)[C@H]1CCCN2C1)C(F)(F)F.C[C@@H](CC(=O)c1ncc2c(n1)N(C(=O)Nc1cc(OC[C@H]3COC(C)(C)O3)ncn1)[C@H]1CCCN2C1)C(F)(F)F. The molecular weight excluding hydrogens is 1030 g/mol. The Bertz CT molecular complexity index is 2800. The van der Waals surface area contributed by atoms with E-state index in [-0.39, 0.29) is 72.3 Å². The highest BCUT2D eigenvalue weighted by atomic mass is 19.4. The van der Waals surface area contributed by atoms with Gasteiger partial charge in [-0.25, -0.2) is 49.5 Å². The number of amides is 4. The van der Waals surface area contributed by atoms with E-state index in [0.29, 0.717) is 57.0 Å². The van der Waals surface area contributed by atoms with E-state index < -0.39 is 85.0 Å². The van der Waals surface area contributed by atoms with Crippen molar-refractivity contribution in [2.75, 3.05) is 82.8 Å². The number of aromatic nitrogens is 8. The van der Waals surface area contributed by atoms with Gasteiger partial charge in [0.25, 0.3) is 0 Å². The fraction of sp³-hybridized carbons (Fsp3) is 0.574. The second-order valence-electron chi connectivity index (χ2n) is 19.4. The zero-order chi connectivity index (χ0) is 55.4. The molecular formula is C47H56F6N14O10. The molecule has 0 spiro atoms. The fourth-order valence-electron chi connectivity index (χ4n) is 8.98. The molecule has 0 aliphatic carbocycles. The first-order chi connectivity index (χ1) is 36.5. The average Bonchev–Trinajstić information content (AvgIpc) is 3.84. The highest BCUT2D eigenvalue weighted by molar-refractivity contribution is 6.05. The van der Waals surface area contributed by atoms with Crippen molar-refractivity contribution in [1.82, 2.24) is 39.9 Å². The molecule has 4 aromatic heterocycles. The van der Waals surface area contributed by atoms with Crippen LogP contribution in [0.3, 0.4) is 0 Å². The fourth-order valence-corrected chi connectivity index (χ4v) is 8.98. The number of nitrogens with zero attached hydrogens (tertiary/aromatic N) is 12. The third-order valence-electron chi connectivity index (χ3n) is 13.1. The van der Waals surface area contributed by atoms with E-state index in [1.807, 2.05) is 23.6 Å². The lowest BCUT2D eigenvalue weighted by Gasteiger charge is -2.45. The van der Waals surface area contributed by atoms with Crippen LogP contribution in [0.2, 0.25) is 0 Å². The Labute approximate surface area is 435 Å². The molecule has 0 radical (unpaired) electrons. The van der Waals surface area contributed by atoms with Crippen LogP contribution in [0.25, 0.3) is 0 Å². The van der Waals surface area contributed by atoms with E-state index in [1.54, 1.807) is 0 Å². The van der Waals surface area contributed by atoms with E-state index in [2.05, 4.69) is 50.5 Å². The van der Waals surface area contributed by atoms with Crippen molar-refractivity contribution in [3.05, 3.63) is 48.8 Å². The van der Waals surface area contributed by atoms with Crippen molar-refractivity contribution in [2.45, 2.75) is 109 Å². The number of nitrogens with one attached hydrogen (secondary N) is 2. The van der Waals surface area contributed by atoms with Gasteiger partial charge < -0.3 is 39.0 Å². The summed E-state index contributed by atoms with van der Waals surface area (Å²) < 4.78 is 100. The van der Waals surface area contributed by atoms with Crippen LogP contribution in [0.5, 0.6) is 11.8 Å². The second kappa shape index (κ2) is 23.2. The van der Waals surface area contributed by atoms with Crippen LogP contribution in [0.4, 0.5) is 70.6 Å². The first-order valence-electron chi connectivity index (χ1n) is 24.6. The van der Waals surface area contributed by atoms with Crippen molar-refractivity contribution in [3.8, 4) is 11.8 Å². The van der Waals surface area contributed by atoms with Gasteiger partial charge in [0.05, 0.1) is 60.9 Å². The predicted octanol–water partition coefficient (Wildman–Crippen LogP) is 5.38. The molecule has 416 valence electrons. The number of aliphatic hydroxyl groups excluding tert-OH is 2. The Kier molecular flexibility index (Phi) is 16.9. The Morgan fingerprint density at radius 3 is 1.64 bits per heavy atom. The minimum absolute atomic E-state index is 0.0506. The highest BCUT2D eigenvalue weighted by Gasteiger charge is 2.43.